The summed E-state index contributed by atoms with van der Waals surface area (Å²) in [5.41, 5.74) is 4.67. The minimum Gasteiger partial charge on any atom is -0.331 e. The van der Waals surface area contributed by atoms with Crippen LogP contribution < -0.4 is 5.32 Å². The topological polar surface area (TPSA) is 45.2 Å². The smallest absolute Gasteiger partial charge is 0.318 e. The molecule has 2 amide bonds. The maximum absolute atomic E-state index is 12.8. The van der Waals surface area contributed by atoms with E-state index in [1.807, 2.05) is 23.2 Å². The van der Waals surface area contributed by atoms with Gasteiger partial charge in [0.25, 0.3) is 0 Å². The highest BCUT2D eigenvalue weighted by Gasteiger charge is 2.33. The molecule has 1 heterocycles. The van der Waals surface area contributed by atoms with E-state index in [4.69, 9.17) is 0 Å². The molecular formula is C20H25N3O. The van der Waals surface area contributed by atoms with E-state index in [1.54, 1.807) is 6.20 Å². The first-order valence-corrected chi connectivity index (χ1v) is 8.58. The molecule has 1 aliphatic carbocycles. The Bertz CT molecular complexity index is 710. The number of carbonyl (C=O) groups excluding carboxylic acids is 1. The first-order chi connectivity index (χ1) is 11.5. The van der Waals surface area contributed by atoms with Crippen LogP contribution in [-0.4, -0.2) is 22.0 Å². The largest absolute Gasteiger partial charge is 0.331 e. The van der Waals surface area contributed by atoms with Gasteiger partial charge in [-0.3, -0.25) is 4.98 Å². The Labute approximate surface area is 143 Å². The summed E-state index contributed by atoms with van der Waals surface area (Å²) in [4.78, 5) is 18.9. The van der Waals surface area contributed by atoms with E-state index in [1.165, 1.54) is 16.7 Å². The molecule has 3 rings (SSSR count). The van der Waals surface area contributed by atoms with E-state index in [9.17, 15) is 4.79 Å². The van der Waals surface area contributed by atoms with Crippen molar-refractivity contribution >= 4 is 6.03 Å². The molecule has 0 aliphatic heterocycles. The van der Waals surface area contributed by atoms with Crippen molar-refractivity contribution in [2.75, 3.05) is 0 Å². The number of aromatic nitrogens is 1. The molecule has 1 aromatic carbocycles. The third-order valence-electron chi connectivity index (χ3n) is 4.57. The number of rotatable bonds is 5. The highest BCUT2D eigenvalue weighted by molar-refractivity contribution is 5.75. The standard InChI is InChI=1S/C20H25N3O/c1-14-6-7-15(2)19(11-14)16(3)22-20(24)23(18-8-9-18)13-17-5-4-10-21-12-17/h4-7,10-12,16,18H,8-9,13H2,1-3H3,(H,22,24)/t16-/m1/s1. The molecule has 1 fully saturated rings. The molecule has 0 saturated heterocycles. The van der Waals surface area contributed by atoms with E-state index >= 15 is 0 Å². The zero-order valence-electron chi connectivity index (χ0n) is 14.6. The van der Waals surface area contributed by atoms with Gasteiger partial charge in [0.2, 0.25) is 0 Å². The Hall–Kier alpha value is -2.36. The highest BCUT2D eigenvalue weighted by atomic mass is 16.2. The molecule has 0 bridgehead atoms. The lowest BCUT2D eigenvalue weighted by Gasteiger charge is -2.26. The van der Waals surface area contributed by atoms with Crippen LogP contribution in [0, 0.1) is 13.8 Å². The summed E-state index contributed by atoms with van der Waals surface area (Å²) in [5.74, 6) is 0. The molecular weight excluding hydrogens is 298 g/mol. The van der Waals surface area contributed by atoms with Gasteiger partial charge in [-0.2, -0.15) is 0 Å². The molecule has 4 nitrogen and oxygen atoms in total. The minimum atomic E-state index is -0.00690. The van der Waals surface area contributed by atoms with Crippen LogP contribution in [0.15, 0.2) is 42.7 Å². The summed E-state index contributed by atoms with van der Waals surface area (Å²) < 4.78 is 0. The van der Waals surface area contributed by atoms with Gasteiger partial charge in [0.15, 0.2) is 0 Å². The van der Waals surface area contributed by atoms with E-state index in [0.29, 0.717) is 12.6 Å². The minimum absolute atomic E-state index is 0.00690. The molecule has 4 heteroatoms. The van der Waals surface area contributed by atoms with Gasteiger partial charge < -0.3 is 10.2 Å². The summed E-state index contributed by atoms with van der Waals surface area (Å²) in [6, 6.07) is 10.7. The van der Waals surface area contributed by atoms with Gasteiger partial charge in [-0.25, -0.2) is 4.79 Å². The summed E-state index contributed by atoms with van der Waals surface area (Å²) in [7, 11) is 0. The second-order valence-corrected chi connectivity index (χ2v) is 6.75. The molecule has 126 valence electrons. The molecule has 1 atom stereocenters. The van der Waals surface area contributed by atoms with Crippen molar-refractivity contribution in [3.8, 4) is 0 Å². The Kier molecular flexibility index (Phi) is 4.84. The van der Waals surface area contributed by atoms with Crippen molar-refractivity contribution in [1.29, 1.82) is 0 Å². The number of hydrogen-bond donors (Lipinski definition) is 1. The number of amides is 2. The molecule has 1 aromatic heterocycles. The molecule has 1 aliphatic rings. The highest BCUT2D eigenvalue weighted by Crippen LogP contribution is 2.29. The SMILES string of the molecule is Cc1ccc(C)c([C@@H](C)NC(=O)N(Cc2cccnc2)C2CC2)c1. The summed E-state index contributed by atoms with van der Waals surface area (Å²) >= 11 is 0. The van der Waals surface area contributed by atoms with Crippen LogP contribution in [0.25, 0.3) is 0 Å². The van der Waals surface area contributed by atoms with E-state index in [0.717, 1.165) is 18.4 Å². The maximum Gasteiger partial charge on any atom is 0.318 e. The van der Waals surface area contributed by atoms with Crippen molar-refractivity contribution in [2.24, 2.45) is 0 Å². The van der Waals surface area contributed by atoms with Crippen LogP contribution in [0.4, 0.5) is 4.79 Å². The number of nitrogens with one attached hydrogen (secondary N) is 1. The Balaban J connectivity index is 1.70. The van der Waals surface area contributed by atoms with Gasteiger partial charge in [0, 0.05) is 25.0 Å². The summed E-state index contributed by atoms with van der Waals surface area (Å²) in [6.07, 6.45) is 5.77. The molecule has 1 saturated carbocycles. The van der Waals surface area contributed by atoms with Crippen molar-refractivity contribution in [2.45, 2.75) is 52.2 Å². The van der Waals surface area contributed by atoms with E-state index in [-0.39, 0.29) is 12.1 Å². The average molecular weight is 323 g/mol. The Morgan fingerprint density at radius 1 is 1.33 bits per heavy atom. The van der Waals surface area contributed by atoms with Crippen LogP contribution in [0.2, 0.25) is 0 Å². The number of nitrogens with zero attached hydrogens (tertiary/aromatic N) is 2. The van der Waals surface area contributed by atoms with Crippen LogP contribution in [0.1, 0.15) is 48.1 Å². The lowest BCUT2D eigenvalue weighted by molar-refractivity contribution is 0.188. The van der Waals surface area contributed by atoms with Gasteiger partial charge in [-0.15, -0.1) is 0 Å². The fourth-order valence-corrected chi connectivity index (χ4v) is 3.01. The fourth-order valence-electron chi connectivity index (χ4n) is 3.01. The van der Waals surface area contributed by atoms with Gasteiger partial charge in [-0.1, -0.05) is 29.8 Å². The predicted molar refractivity (Wildman–Crippen MR) is 95.7 cm³/mol. The number of urea groups is 1. The number of pyridine rings is 1. The van der Waals surface area contributed by atoms with Crippen LogP contribution in [-0.2, 0) is 6.54 Å². The Morgan fingerprint density at radius 2 is 2.12 bits per heavy atom. The maximum atomic E-state index is 12.8. The van der Waals surface area contributed by atoms with Crippen molar-refractivity contribution in [3.05, 3.63) is 65.0 Å². The van der Waals surface area contributed by atoms with Gasteiger partial charge in [0.1, 0.15) is 0 Å². The average Bonchev–Trinajstić information content (AvgIpc) is 3.40. The molecule has 2 aromatic rings. The van der Waals surface area contributed by atoms with Crippen molar-refractivity contribution < 1.29 is 4.79 Å². The zero-order chi connectivity index (χ0) is 17.1. The molecule has 1 N–H and O–H groups in total. The van der Waals surface area contributed by atoms with Gasteiger partial charge in [0.05, 0.1) is 6.04 Å². The van der Waals surface area contributed by atoms with Crippen LogP contribution in [0.3, 0.4) is 0 Å². The van der Waals surface area contributed by atoms with Crippen LogP contribution >= 0.6 is 0 Å². The van der Waals surface area contributed by atoms with Gasteiger partial charge >= 0.3 is 6.03 Å². The zero-order valence-corrected chi connectivity index (χ0v) is 14.6. The number of aryl methyl sites for hydroxylation is 2. The first-order valence-electron chi connectivity index (χ1n) is 8.58. The molecule has 0 unspecified atom stereocenters. The Morgan fingerprint density at radius 3 is 2.79 bits per heavy atom. The fraction of sp³-hybridized carbons (Fsp3) is 0.400. The number of hydrogen-bond acceptors (Lipinski definition) is 2. The third kappa shape index (κ3) is 3.94. The van der Waals surface area contributed by atoms with E-state index in [2.05, 4.69) is 49.3 Å². The predicted octanol–water partition coefficient (Wildman–Crippen LogP) is 4.13. The monoisotopic (exact) mass is 323 g/mol. The van der Waals surface area contributed by atoms with Crippen molar-refractivity contribution in [1.82, 2.24) is 15.2 Å². The second kappa shape index (κ2) is 7.04. The summed E-state index contributed by atoms with van der Waals surface area (Å²) in [6.45, 7) is 6.83. The van der Waals surface area contributed by atoms with Crippen molar-refractivity contribution in [3.63, 3.8) is 0 Å². The van der Waals surface area contributed by atoms with Crippen LogP contribution in [0.5, 0.6) is 0 Å². The number of carbonyl (C=O) groups is 1. The molecule has 0 spiro atoms. The normalized spacial score (nSPS) is 15.0. The molecule has 0 radical (unpaired) electrons. The summed E-state index contributed by atoms with van der Waals surface area (Å²) in [5, 5.41) is 3.17. The number of benzene rings is 1. The second-order valence-electron chi connectivity index (χ2n) is 6.75. The van der Waals surface area contributed by atoms with E-state index < -0.39 is 0 Å². The molecule has 24 heavy (non-hydrogen) atoms. The lowest BCUT2D eigenvalue weighted by atomic mass is 10.00. The lowest BCUT2D eigenvalue weighted by Crippen LogP contribution is -2.42. The first kappa shape index (κ1) is 16.5. The quantitative estimate of drug-likeness (QED) is 0.899. The van der Waals surface area contributed by atoms with Gasteiger partial charge in [-0.05, 0) is 56.4 Å². The third-order valence-corrected chi connectivity index (χ3v) is 4.57.